The number of aliphatic hydroxyl groups excluding tert-OH is 1. The van der Waals surface area contributed by atoms with Gasteiger partial charge in [-0.05, 0) is 25.3 Å². The number of benzene rings is 1. The number of hydrogen-bond acceptors (Lipinski definition) is 5. The molecule has 1 unspecified atom stereocenters. The summed E-state index contributed by atoms with van der Waals surface area (Å²) in [5.41, 5.74) is 0.487. The van der Waals surface area contributed by atoms with E-state index in [2.05, 4.69) is 15.8 Å². The largest absolute Gasteiger partial charge is 0.396 e. The summed E-state index contributed by atoms with van der Waals surface area (Å²) < 4.78 is 10.4. The number of rotatable bonds is 5. The van der Waals surface area contributed by atoms with Crippen LogP contribution in [0.4, 0.5) is 10.6 Å². The third-order valence-electron chi connectivity index (χ3n) is 4.69. The first-order valence-electron chi connectivity index (χ1n) is 8.37. The third kappa shape index (κ3) is 4.00. The van der Waals surface area contributed by atoms with E-state index < -0.39 is 5.41 Å². The number of carbonyl (C=O) groups is 1. The maximum absolute atomic E-state index is 12.5. The van der Waals surface area contributed by atoms with Gasteiger partial charge in [0.15, 0.2) is 5.82 Å². The monoisotopic (exact) mass is 345 g/mol. The lowest BCUT2D eigenvalue weighted by Gasteiger charge is -2.42. The second-order valence-electron chi connectivity index (χ2n) is 6.40. The van der Waals surface area contributed by atoms with E-state index in [4.69, 9.17) is 9.26 Å². The topological polar surface area (TPSA) is 96.6 Å². The van der Waals surface area contributed by atoms with Crippen LogP contribution < -0.4 is 10.6 Å². The molecule has 1 aliphatic heterocycles. The summed E-state index contributed by atoms with van der Waals surface area (Å²) in [5, 5.41) is 19.6. The van der Waals surface area contributed by atoms with E-state index in [-0.39, 0.29) is 18.7 Å². The van der Waals surface area contributed by atoms with Gasteiger partial charge in [0.05, 0.1) is 12.6 Å². The minimum Gasteiger partial charge on any atom is -0.396 e. The normalized spacial score (nSPS) is 17.7. The number of anilines is 1. The molecular weight excluding hydrogens is 322 g/mol. The molecule has 7 heteroatoms. The van der Waals surface area contributed by atoms with Gasteiger partial charge in [0.25, 0.3) is 0 Å². The van der Waals surface area contributed by atoms with Crippen molar-refractivity contribution in [3.05, 3.63) is 47.7 Å². The van der Waals surface area contributed by atoms with Gasteiger partial charge in [-0.15, -0.1) is 0 Å². The molecule has 0 saturated carbocycles. The molecule has 1 aromatic carbocycles. The van der Waals surface area contributed by atoms with Crippen molar-refractivity contribution in [2.75, 3.05) is 25.1 Å². The molecular formula is C18H23N3O4. The van der Waals surface area contributed by atoms with Gasteiger partial charge in [0, 0.05) is 24.7 Å². The average molecular weight is 345 g/mol. The zero-order valence-electron chi connectivity index (χ0n) is 14.2. The fourth-order valence-electron chi connectivity index (χ4n) is 3.26. The number of carbonyl (C=O) groups excluding carboxylic acids is 1. The fraction of sp³-hybridized carbons (Fsp3) is 0.444. The molecule has 2 heterocycles. The highest BCUT2D eigenvalue weighted by Gasteiger charge is 2.41. The number of aromatic nitrogens is 1. The lowest BCUT2D eigenvalue weighted by molar-refractivity contribution is -0.0357. The molecule has 1 atom stereocenters. The Labute approximate surface area is 146 Å². The number of aryl methyl sites for hydroxylation is 1. The van der Waals surface area contributed by atoms with Crippen molar-refractivity contribution >= 4 is 11.8 Å². The molecule has 0 bridgehead atoms. The van der Waals surface area contributed by atoms with Crippen LogP contribution in [-0.2, 0) is 4.74 Å². The first-order chi connectivity index (χ1) is 12.1. The molecule has 1 aromatic heterocycles. The van der Waals surface area contributed by atoms with Crippen LogP contribution in [0.1, 0.15) is 30.2 Å². The van der Waals surface area contributed by atoms with Gasteiger partial charge in [-0.3, -0.25) is 5.32 Å². The Kier molecular flexibility index (Phi) is 5.35. The minimum atomic E-state index is -0.462. The van der Waals surface area contributed by atoms with Crippen LogP contribution >= 0.6 is 0 Å². The number of ether oxygens (including phenoxy) is 1. The van der Waals surface area contributed by atoms with Crippen molar-refractivity contribution in [2.45, 2.75) is 25.8 Å². The van der Waals surface area contributed by atoms with Crippen LogP contribution in [0.2, 0.25) is 0 Å². The summed E-state index contributed by atoms with van der Waals surface area (Å²) in [5.74, 6) is 0.970. The van der Waals surface area contributed by atoms with Gasteiger partial charge >= 0.3 is 6.03 Å². The van der Waals surface area contributed by atoms with Crippen molar-refractivity contribution in [1.29, 1.82) is 0 Å². The van der Waals surface area contributed by atoms with Crippen molar-refractivity contribution < 1.29 is 19.2 Å². The van der Waals surface area contributed by atoms with Crippen LogP contribution in [0.15, 0.2) is 40.9 Å². The zero-order valence-corrected chi connectivity index (χ0v) is 14.2. The molecule has 7 nitrogen and oxygen atoms in total. The molecule has 2 aromatic rings. The standard InChI is InChI=1S/C18H23N3O4/c1-13-11-15(21-25-13)19-17(23)20-16(14-5-3-2-4-6-14)18(12-22)7-9-24-10-8-18/h2-6,11,16,22H,7-10,12H2,1H3,(H2,19,20,21,23). The van der Waals surface area contributed by atoms with Crippen molar-refractivity contribution in [3.63, 3.8) is 0 Å². The molecule has 0 aliphatic carbocycles. The first kappa shape index (κ1) is 17.4. The van der Waals surface area contributed by atoms with E-state index in [1.807, 2.05) is 30.3 Å². The van der Waals surface area contributed by atoms with E-state index in [1.165, 1.54) is 0 Å². The summed E-state index contributed by atoms with van der Waals surface area (Å²) in [6.07, 6.45) is 1.35. The Bertz CT molecular complexity index is 695. The highest BCUT2D eigenvalue weighted by molar-refractivity contribution is 5.88. The molecule has 2 amide bonds. The summed E-state index contributed by atoms with van der Waals surface area (Å²) in [4.78, 5) is 12.5. The van der Waals surface area contributed by atoms with Crippen LogP contribution in [0.5, 0.6) is 0 Å². The van der Waals surface area contributed by atoms with E-state index >= 15 is 0 Å². The predicted molar refractivity (Wildman–Crippen MR) is 92.1 cm³/mol. The lowest BCUT2D eigenvalue weighted by Crippen LogP contribution is -2.47. The van der Waals surface area contributed by atoms with Crippen molar-refractivity contribution in [2.24, 2.45) is 5.41 Å². The number of aliphatic hydroxyl groups is 1. The third-order valence-corrected chi connectivity index (χ3v) is 4.69. The van der Waals surface area contributed by atoms with E-state index in [9.17, 15) is 9.90 Å². The van der Waals surface area contributed by atoms with Gasteiger partial charge in [-0.25, -0.2) is 4.79 Å². The van der Waals surface area contributed by atoms with Gasteiger partial charge in [-0.1, -0.05) is 35.5 Å². The zero-order chi connectivity index (χ0) is 17.7. The molecule has 1 aliphatic rings. The van der Waals surface area contributed by atoms with Crippen molar-refractivity contribution in [3.8, 4) is 0 Å². The SMILES string of the molecule is Cc1cc(NC(=O)NC(c2ccccc2)C2(CO)CCOCC2)no1. The summed E-state index contributed by atoms with van der Waals surface area (Å²) >= 11 is 0. The van der Waals surface area contributed by atoms with Crippen LogP contribution in [0, 0.1) is 12.3 Å². The summed E-state index contributed by atoms with van der Waals surface area (Å²) in [6, 6.07) is 10.6. The molecule has 0 spiro atoms. The minimum absolute atomic E-state index is 0.0285. The van der Waals surface area contributed by atoms with Gasteiger partial charge in [-0.2, -0.15) is 0 Å². The van der Waals surface area contributed by atoms with Gasteiger partial charge in [0.1, 0.15) is 5.76 Å². The first-order valence-corrected chi connectivity index (χ1v) is 8.37. The molecule has 3 N–H and O–H groups in total. The molecule has 134 valence electrons. The maximum atomic E-state index is 12.5. The molecule has 0 radical (unpaired) electrons. The fourth-order valence-corrected chi connectivity index (χ4v) is 3.26. The highest BCUT2D eigenvalue weighted by Crippen LogP contribution is 2.42. The number of urea groups is 1. The smallest absolute Gasteiger partial charge is 0.320 e. The second-order valence-corrected chi connectivity index (χ2v) is 6.40. The lowest BCUT2D eigenvalue weighted by atomic mass is 9.72. The second kappa shape index (κ2) is 7.67. The van der Waals surface area contributed by atoms with Gasteiger partial charge in [0.2, 0.25) is 0 Å². The number of nitrogens with one attached hydrogen (secondary N) is 2. The van der Waals surface area contributed by atoms with E-state index in [0.29, 0.717) is 37.6 Å². The maximum Gasteiger partial charge on any atom is 0.320 e. The Morgan fingerprint density at radius 3 is 2.64 bits per heavy atom. The Morgan fingerprint density at radius 2 is 2.04 bits per heavy atom. The average Bonchev–Trinajstić information content (AvgIpc) is 3.05. The predicted octanol–water partition coefficient (Wildman–Crippen LogP) is 2.63. The van der Waals surface area contributed by atoms with Gasteiger partial charge < -0.3 is 19.7 Å². The number of nitrogens with zero attached hydrogens (tertiary/aromatic N) is 1. The van der Waals surface area contributed by atoms with E-state index in [1.54, 1.807) is 13.0 Å². The Hall–Kier alpha value is -2.38. The summed E-state index contributed by atoms with van der Waals surface area (Å²) in [6.45, 7) is 2.86. The molecule has 1 saturated heterocycles. The van der Waals surface area contributed by atoms with Crippen LogP contribution in [-0.4, -0.2) is 36.1 Å². The van der Waals surface area contributed by atoms with Crippen molar-refractivity contribution in [1.82, 2.24) is 10.5 Å². The van der Waals surface area contributed by atoms with E-state index in [0.717, 1.165) is 5.56 Å². The molecule has 1 fully saturated rings. The number of amides is 2. The quantitative estimate of drug-likeness (QED) is 0.774. The molecule has 25 heavy (non-hydrogen) atoms. The summed E-state index contributed by atoms with van der Waals surface area (Å²) in [7, 11) is 0. The molecule has 3 rings (SSSR count). The van der Waals surface area contributed by atoms with Crippen LogP contribution in [0.25, 0.3) is 0 Å². The Morgan fingerprint density at radius 1 is 1.32 bits per heavy atom. The Balaban J connectivity index is 1.82. The highest BCUT2D eigenvalue weighted by atomic mass is 16.5. The van der Waals surface area contributed by atoms with Crippen LogP contribution in [0.3, 0.4) is 0 Å². The number of hydrogen-bond donors (Lipinski definition) is 3.